The maximum atomic E-state index is 5.63. The minimum Gasteiger partial charge on any atom is -0.376 e. The second-order valence-electron chi connectivity index (χ2n) is 7.26. The van der Waals surface area contributed by atoms with Crippen LogP contribution in [0.1, 0.15) is 33.6 Å². The standard InChI is InChI=1S/C21H31N5OS.HI/c1-15-13-26(8-9-27-15)14-19-7-5-6-18(10-19)11-23-21(22-4)24-12-20-25-16(2)17(3)28-20;/h5-7,10,15H,8-9,11-14H2,1-4H3,(H2,22,23,24);1H. The Balaban J connectivity index is 0.00000300. The smallest absolute Gasteiger partial charge is 0.191 e. The summed E-state index contributed by atoms with van der Waals surface area (Å²) in [7, 11) is 1.80. The van der Waals surface area contributed by atoms with E-state index in [-0.39, 0.29) is 24.0 Å². The van der Waals surface area contributed by atoms with Crippen molar-refractivity contribution >= 4 is 41.3 Å². The van der Waals surface area contributed by atoms with Crippen LogP contribution in [0, 0.1) is 13.8 Å². The van der Waals surface area contributed by atoms with Gasteiger partial charge >= 0.3 is 0 Å². The molecule has 0 radical (unpaired) electrons. The molecule has 160 valence electrons. The van der Waals surface area contributed by atoms with E-state index in [4.69, 9.17) is 4.74 Å². The highest BCUT2D eigenvalue weighted by Gasteiger charge is 2.16. The number of guanidine groups is 1. The largest absolute Gasteiger partial charge is 0.376 e. The third-order valence-electron chi connectivity index (χ3n) is 4.89. The fraction of sp³-hybridized carbons (Fsp3) is 0.524. The summed E-state index contributed by atoms with van der Waals surface area (Å²) in [5.41, 5.74) is 3.70. The van der Waals surface area contributed by atoms with Crippen LogP contribution in [-0.4, -0.2) is 48.7 Å². The van der Waals surface area contributed by atoms with Crippen LogP contribution in [0.25, 0.3) is 0 Å². The lowest BCUT2D eigenvalue weighted by molar-refractivity contribution is -0.0212. The molecular weight excluding hydrogens is 497 g/mol. The van der Waals surface area contributed by atoms with E-state index >= 15 is 0 Å². The number of ether oxygens (including phenoxy) is 1. The predicted molar refractivity (Wildman–Crippen MR) is 131 cm³/mol. The van der Waals surface area contributed by atoms with E-state index in [1.165, 1.54) is 16.0 Å². The molecule has 8 heteroatoms. The zero-order valence-corrected chi connectivity index (χ0v) is 20.8. The van der Waals surface area contributed by atoms with Crippen LogP contribution >= 0.6 is 35.3 Å². The molecule has 1 saturated heterocycles. The first-order chi connectivity index (χ1) is 13.5. The van der Waals surface area contributed by atoms with E-state index in [0.29, 0.717) is 12.6 Å². The number of benzene rings is 1. The summed E-state index contributed by atoms with van der Waals surface area (Å²) in [6.07, 6.45) is 0.318. The molecule has 6 nitrogen and oxygen atoms in total. The fourth-order valence-corrected chi connectivity index (χ4v) is 4.18. The highest BCUT2D eigenvalue weighted by atomic mass is 127. The van der Waals surface area contributed by atoms with Gasteiger partial charge < -0.3 is 15.4 Å². The Hall–Kier alpha value is -1.23. The first-order valence-electron chi connectivity index (χ1n) is 9.82. The van der Waals surface area contributed by atoms with Gasteiger partial charge in [0.1, 0.15) is 5.01 Å². The number of nitrogens with zero attached hydrogens (tertiary/aromatic N) is 3. The Labute approximate surface area is 195 Å². The molecule has 1 atom stereocenters. The minimum absolute atomic E-state index is 0. The number of hydrogen-bond donors (Lipinski definition) is 2. The molecule has 0 bridgehead atoms. The van der Waals surface area contributed by atoms with Crippen LogP contribution in [-0.2, 0) is 24.4 Å². The second-order valence-corrected chi connectivity index (χ2v) is 8.55. The van der Waals surface area contributed by atoms with Gasteiger partial charge in [0.25, 0.3) is 0 Å². The summed E-state index contributed by atoms with van der Waals surface area (Å²) in [5, 5.41) is 7.83. The molecular formula is C21H32IN5OS. The van der Waals surface area contributed by atoms with Gasteiger partial charge in [-0.25, -0.2) is 4.98 Å². The molecule has 2 N–H and O–H groups in total. The molecule has 3 rings (SSSR count). The van der Waals surface area contributed by atoms with Crippen molar-refractivity contribution in [2.75, 3.05) is 26.7 Å². The van der Waals surface area contributed by atoms with Gasteiger partial charge in [0.05, 0.1) is 24.9 Å². The number of rotatable bonds is 6. The van der Waals surface area contributed by atoms with Crippen molar-refractivity contribution in [1.29, 1.82) is 0 Å². The molecule has 0 saturated carbocycles. The minimum atomic E-state index is 0. The summed E-state index contributed by atoms with van der Waals surface area (Å²) in [4.78, 5) is 12.6. The van der Waals surface area contributed by atoms with E-state index in [2.05, 4.69) is 63.6 Å². The van der Waals surface area contributed by atoms with Gasteiger partial charge in [-0.1, -0.05) is 24.3 Å². The Morgan fingerprint density at radius 1 is 1.28 bits per heavy atom. The summed E-state index contributed by atoms with van der Waals surface area (Å²) in [6, 6.07) is 8.75. The fourth-order valence-electron chi connectivity index (χ4n) is 3.31. The quantitative estimate of drug-likeness (QED) is 0.341. The molecule has 2 heterocycles. The van der Waals surface area contributed by atoms with Crippen LogP contribution in [0.2, 0.25) is 0 Å². The van der Waals surface area contributed by atoms with Crippen molar-refractivity contribution in [2.24, 2.45) is 4.99 Å². The molecule has 0 spiro atoms. The molecule has 1 aliphatic rings. The van der Waals surface area contributed by atoms with Crippen LogP contribution in [0.5, 0.6) is 0 Å². The van der Waals surface area contributed by atoms with Gasteiger partial charge in [0.2, 0.25) is 0 Å². The Bertz CT molecular complexity index is 791. The van der Waals surface area contributed by atoms with Crippen molar-refractivity contribution in [2.45, 2.75) is 46.5 Å². The number of thiazole rings is 1. The van der Waals surface area contributed by atoms with Gasteiger partial charge in [-0.3, -0.25) is 9.89 Å². The number of hydrogen-bond acceptors (Lipinski definition) is 5. The first kappa shape index (κ1) is 24.0. The zero-order chi connectivity index (χ0) is 19.9. The van der Waals surface area contributed by atoms with Crippen molar-refractivity contribution < 1.29 is 4.74 Å². The van der Waals surface area contributed by atoms with Gasteiger partial charge in [-0.2, -0.15) is 0 Å². The molecule has 1 aromatic carbocycles. The molecule has 2 aromatic rings. The second kappa shape index (κ2) is 11.8. The number of aryl methyl sites for hydroxylation is 2. The van der Waals surface area contributed by atoms with Crippen molar-refractivity contribution in [3.05, 3.63) is 51.0 Å². The summed E-state index contributed by atoms with van der Waals surface area (Å²) in [6.45, 7) is 11.5. The number of morpholine rings is 1. The van der Waals surface area contributed by atoms with Crippen molar-refractivity contribution in [3.8, 4) is 0 Å². The molecule has 1 fully saturated rings. The molecule has 1 aromatic heterocycles. The predicted octanol–water partition coefficient (Wildman–Crippen LogP) is 3.46. The van der Waals surface area contributed by atoms with Gasteiger partial charge in [0.15, 0.2) is 5.96 Å². The van der Waals surface area contributed by atoms with Crippen LogP contribution in [0.4, 0.5) is 0 Å². The monoisotopic (exact) mass is 529 g/mol. The zero-order valence-electron chi connectivity index (χ0n) is 17.7. The lowest BCUT2D eigenvalue weighted by Gasteiger charge is -2.31. The topological polar surface area (TPSA) is 61.8 Å². The number of aliphatic imine (C=N–C) groups is 1. The van der Waals surface area contributed by atoms with E-state index in [9.17, 15) is 0 Å². The molecule has 1 aliphatic heterocycles. The summed E-state index contributed by atoms with van der Waals surface area (Å²) in [5.74, 6) is 0.790. The molecule has 0 amide bonds. The lowest BCUT2D eigenvalue weighted by atomic mass is 10.1. The van der Waals surface area contributed by atoms with Gasteiger partial charge in [-0.05, 0) is 31.9 Å². The van der Waals surface area contributed by atoms with Crippen LogP contribution < -0.4 is 10.6 Å². The van der Waals surface area contributed by atoms with E-state index in [0.717, 1.165) is 49.4 Å². The summed E-state index contributed by atoms with van der Waals surface area (Å²) >= 11 is 1.73. The summed E-state index contributed by atoms with van der Waals surface area (Å²) < 4.78 is 5.63. The van der Waals surface area contributed by atoms with Crippen LogP contribution in [0.15, 0.2) is 29.3 Å². The first-order valence-corrected chi connectivity index (χ1v) is 10.6. The highest BCUT2D eigenvalue weighted by Crippen LogP contribution is 2.16. The molecule has 29 heavy (non-hydrogen) atoms. The van der Waals surface area contributed by atoms with Gasteiger partial charge in [0, 0.05) is 38.1 Å². The highest BCUT2D eigenvalue weighted by molar-refractivity contribution is 14.0. The Morgan fingerprint density at radius 2 is 2.03 bits per heavy atom. The number of halogens is 1. The van der Waals surface area contributed by atoms with Crippen molar-refractivity contribution in [3.63, 3.8) is 0 Å². The average molecular weight is 529 g/mol. The SMILES string of the molecule is CN=C(NCc1cccc(CN2CCOC(C)C2)c1)NCc1nc(C)c(C)s1.I. The third kappa shape index (κ3) is 7.51. The molecule has 0 aliphatic carbocycles. The maximum absolute atomic E-state index is 5.63. The van der Waals surface area contributed by atoms with E-state index < -0.39 is 0 Å². The average Bonchev–Trinajstić information content (AvgIpc) is 3.00. The van der Waals surface area contributed by atoms with E-state index in [1.54, 1.807) is 18.4 Å². The van der Waals surface area contributed by atoms with E-state index in [1.807, 2.05) is 6.92 Å². The Kier molecular flexibility index (Phi) is 9.81. The maximum Gasteiger partial charge on any atom is 0.191 e. The van der Waals surface area contributed by atoms with Crippen molar-refractivity contribution in [1.82, 2.24) is 20.5 Å². The number of aromatic nitrogens is 1. The number of nitrogens with one attached hydrogen (secondary N) is 2. The lowest BCUT2D eigenvalue weighted by Crippen LogP contribution is -2.40. The normalized spacial score (nSPS) is 17.7. The Morgan fingerprint density at radius 3 is 2.72 bits per heavy atom. The van der Waals surface area contributed by atoms with Gasteiger partial charge in [-0.15, -0.1) is 35.3 Å². The van der Waals surface area contributed by atoms with Crippen LogP contribution in [0.3, 0.4) is 0 Å². The molecule has 1 unspecified atom stereocenters. The third-order valence-corrected chi connectivity index (χ3v) is 5.96.